The smallest absolute Gasteiger partial charge is 0.302 e. The van der Waals surface area contributed by atoms with Gasteiger partial charge in [0.1, 0.15) is 12.2 Å². The summed E-state index contributed by atoms with van der Waals surface area (Å²) in [5.41, 5.74) is 0.717. The minimum atomic E-state index is -0.143. The summed E-state index contributed by atoms with van der Waals surface area (Å²) >= 11 is 0. The molecule has 4 heteroatoms. The van der Waals surface area contributed by atoms with Crippen LogP contribution in [0.1, 0.15) is 92.4 Å². The maximum atomic E-state index is 11.5. The molecule has 0 radical (unpaired) electrons. The lowest BCUT2D eigenvalue weighted by molar-refractivity contribution is -0.164. The molecule has 164 valence electrons. The maximum absolute atomic E-state index is 11.5. The van der Waals surface area contributed by atoms with Crippen molar-refractivity contribution in [2.75, 3.05) is 0 Å². The molecule has 0 bridgehead atoms. The third kappa shape index (κ3) is 3.53. The lowest BCUT2D eigenvalue weighted by Crippen LogP contribution is -2.54. The number of carbonyl (C=O) groups is 2. The van der Waals surface area contributed by atoms with Crippen molar-refractivity contribution in [1.82, 2.24) is 0 Å². The molecule has 29 heavy (non-hydrogen) atoms. The van der Waals surface area contributed by atoms with Gasteiger partial charge in [-0.2, -0.15) is 0 Å². The van der Waals surface area contributed by atoms with Gasteiger partial charge in [0.2, 0.25) is 0 Å². The summed E-state index contributed by atoms with van der Waals surface area (Å²) in [6.45, 7) is 10.2. The van der Waals surface area contributed by atoms with Gasteiger partial charge >= 0.3 is 11.9 Å². The molecule has 0 heterocycles. The number of ether oxygens (including phenoxy) is 2. The van der Waals surface area contributed by atoms with Crippen LogP contribution in [-0.2, 0) is 19.1 Å². The molecule has 9 atom stereocenters. The Morgan fingerprint density at radius 1 is 0.862 bits per heavy atom. The van der Waals surface area contributed by atoms with Gasteiger partial charge in [-0.15, -0.1) is 0 Å². The van der Waals surface area contributed by atoms with Crippen LogP contribution < -0.4 is 0 Å². The van der Waals surface area contributed by atoms with Crippen LogP contribution in [0, 0.1) is 40.4 Å². The Morgan fingerprint density at radius 3 is 2.24 bits per heavy atom. The van der Waals surface area contributed by atoms with Gasteiger partial charge in [0.25, 0.3) is 0 Å². The molecular formula is C25H40O4. The number of rotatable bonds is 3. The molecule has 0 spiro atoms. The van der Waals surface area contributed by atoms with Crippen molar-refractivity contribution in [1.29, 1.82) is 0 Å². The summed E-state index contributed by atoms with van der Waals surface area (Å²) in [6, 6.07) is 0. The predicted octanol–water partition coefficient (Wildman–Crippen LogP) is 5.53. The van der Waals surface area contributed by atoms with Crippen LogP contribution in [0.4, 0.5) is 0 Å². The highest BCUT2D eigenvalue weighted by molar-refractivity contribution is 5.66. The van der Waals surface area contributed by atoms with Gasteiger partial charge in [-0.05, 0) is 99.2 Å². The molecule has 4 saturated carbocycles. The molecule has 4 nitrogen and oxygen atoms in total. The lowest BCUT2D eigenvalue weighted by Gasteiger charge is -2.61. The standard InChI is InChI=1S/C25H40O4/c1-15(28-16(2)26)21-8-9-22-20-7-6-18-14-19(29-17(3)27)10-12-24(18,4)23(20)11-13-25(21,22)5/h15,18-23H,6-14H2,1-5H3/t15-,18+,19-,20+,21-,22+,23+,24+,25-/m1/s1. The van der Waals surface area contributed by atoms with Crippen molar-refractivity contribution in [3.63, 3.8) is 0 Å². The summed E-state index contributed by atoms with van der Waals surface area (Å²) in [6.07, 6.45) is 11.2. The number of carbonyl (C=O) groups excluding carboxylic acids is 2. The van der Waals surface area contributed by atoms with Crippen molar-refractivity contribution in [3.05, 3.63) is 0 Å². The van der Waals surface area contributed by atoms with E-state index in [0.29, 0.717) is 22.7 Å². The second kappa shape index (κ2) is 7.57. The Kier molecular flexibility index (Phi) is 5.53. The minimum Gasteiger partial charge on any atom is -0.463 e. The Morgan fingerprint density at radius 2 is 1.55 bits per heavy atom. The monoisotopic (exact) mass is 404 g/mol. The third-order valence-electron chi connectivity index (χ3n) is 9.94. The van der Waals surface area contributed by atoms with Crippen LogP contribution in [-0.4, -0.2) is 24.1 Å². The molecule has 0 aromatic rings. The van der Waals surface area contributed by atoms with Crippen LogP contribution in [0.5, 0.6) is 0 Å². The predicted molar refractivity (Wildman–Crippen MR) is 112 cm³/mol. The zero-order chi connectivity index (χ0) is 21.0. The van der Waals surface area contributed by atoms with E-state index in [4.69, 9.17) is 9.47 Å². The van der Waals surface area contributed by atoms with E-state index in [9.17, 15) is 9.59 Å². The molecule has 0 amide bonds. The fraction of sp³-hybridized carbons (Fsp3) is 0.920. The summed E-state index contributed by atoms with van der Waals surface area (Å²) < 4.78 is 11.3. The molecule has 4 fully saturated rings. The van der Waals surface area contributed by atoms with Gasteiger partial charge < -0.3 is 9.47 Å². The first-order valence-corrected chi connectivity index (χ1v) is 12.0. The van der Waals surface area contributed by atoms with E-state index in [1.165, 1.54) is 51.9 Å². The van der Waals surface area contributed by atoms with Crippen molar-refractivity contribution < 1.29 is 19.1 Å². The third-order valence-corrected chi connectivity index (χ3v) is 9.94. The van der Waals surface area contributed by atoms with Crippen LogP contribution in [0.2, 0.25) is 0 Å². The first kappa shape index (κ1) is 21.2. The highest BCUT2D eigenvalue weighted by atomic mass is 16.5. The molecule has 0 unspecified atom stereocenters. The SMILES string of the molecule is CC(=O)O[C@@H]1CC[C@@]2(C)[C@@H](CC[C@@H]3[C@@H]2CC[C@]2(C)[C@@H]([C@@H](C)OC(C)=O)CC[C@@H]32)C1. The fourth-order valence-electron chi connectivity index (χ4n) is 8.72. The van der Waals surface area contributed by atoms with Crippen molar-refractivity contribution in [2.45, 2.75) is 105 Å². The second-order valence-corrected chi connectivity index (χ2v) is 11.2. The van der Waals surface area contributed by atoms with Gasteiger partial charge in [-0.1, -0.05) is 13.8 Å². The zero-order valence-corrected chi connectivity index (χ0v) is 19.0. The normalized spacial score (nSPS) is 47.3. The topological polar surface area (TPSA) is 52.6 Å². The Hall–Kier alpha value is -1.06. The van der Waals surface area contributed by atoms with E-state index in [0.717, 1.165) is 30.6 Å². The molecule has 4 aliphatic rings. The summed E-state index contributed by atoms with van der Waals surface area (Å²) in [4.78, 5) is 23.0. The summed E-state index contributed by atoms with van der Waals surface area (Å²) in [5, 5.41) is 0. The van der Waals surface area contributed by atoms with Gasteiger partial charge in [0.05, 0.1) is 0 Å². The molecule has 0 aromatic carbocycles. The van der Waals surface area contributed by atoms with Gasteiger partial charge in [0, 0.05) is 19.8 Å². The average Bonchev–Trinajstić information content (AvgIpc) is 2.98. The van der Waals surface area contributed by atoms with Gasteiger partial charge in [-0.25, -0.2) is 0 Å². The van der Waals surface area contributed by atoms with E-state index < -0.39 is 0 Å². The van der Waals surface area contributed by atoms with Crippen molar-refractivity contribution in [3.8, 4) is 0 Å². The van der Waals surface area contributed by atoms with Crippen molar-refractivity contribution in [2.24, 2.45) is 40.4 Å². The summed E-state index contributed by atoms with van der Waals surface area (Å²) in [7, 11) is 0. The van der Waals surface area contributed by atoms with Gasteiger partial charge in [0.15, 0.2) is 0 Å². The van der Waals surface area contributed by atoms with Crippen LogP contribution >= 0.6 is 0 Å². The number of hydrogen-bond donors (Lipinski definition) is 0. The molecule has 0 aromatic heterocycles. The van der Waals surface area contributed by atoms with E-state index in [1.807, 2.05) is 0 Å². The maximum Gasteiger partial charge on any atom is 0.302 e. The Bertz CT molecular complexity index is 659. The minimum absolute atomic E-state index is 0.0325. The molecule has 0 saturated heterocycles. The first-order valence-electron chi connectivity index (χ1n) is 12.0. The Balaban J connectivity index is 1.50. The number of esters is 2. The number of fused-ring (bicyclic) bond motifs is 5. The van der Waals surface area contributed by atoms with Crippen LogP contribution in [0.15, 0.2) is 0 Å². The van der Waals surface area contributed by atoms with Crippen molar-refractivity contribution >= 4 is 11.9 Å². The second-order valence-electron chi connectivity index (χ2n) is 11.2. The molecule has 4 aliphatic carbocycles. The number of hydrogen-bond acceptors (Lipinski definition) is 4. The highest BCUT2D eigenvalue weighted by Crippen LogP contribution is 2.68. The van der Waals surface area contributed by atoms with Crippen LogP contribution in [0.25, 0.3) is 0 Å². The Labute approximate surface area is 176 Å². The quantitative estimate of drug-likeness (QED) is 0.581. The fourth-order valence-corrected chi connectivity index (χ4v) is 8.72. The van der Waals surface area contributed by atoms with E-state index in [1.54, 1.807) is 6.92 Å². The highest BCUT2D eigenvalue weighted by Gasteiger charge is 2.61. The zero-order valence-electron chi connectivity index (χ0n) is 19.0. The summed E-state index contributed by atoms with van der Waals surface area (Å²) in [5.74, 6) is 3.32. The van der Waals surface area contributed by atoms with Gasteiger partial charge in [-0.3, -0.25) is 9.59 Å². The first-order chi connectivity index (χ1) is 13.6. The average molecular weight is 405 g/mol. The molecule has 0 aliphatic heterocycles. The molecule has 0 N–H and O–H groups in total. The van der Waals surface area contributed by atoms with E-state index in [-0.39, 0.29) is 24.1 Å². The lowest BCUT2D eigenvalue weighted by atomic mass is 9.44. The van der Waals surface area contributed by atoms with E-state index >= 15 is 0 Å². The molecule has 4 rings (SSSR count). The largest absolute Gasteiger partial charge is 0.463 e. The van der Waals surface area contributed by atoms with E-state index in [2.05, 4.69) is 20.8 Å². The van der Waals surface area contributed by atoms with Crippen LogP contribution in [0.3, 0.4) is 0 Å². The molecular weight excluding hydrogens is 364 g/mol.